The SMILES string of the molecule is CCc1ccccc1NC(=O)CNC(=O)c1ccc2c(c1)CCC2. The van der Waals surface area contributed by atoms with E-state index in [1.807, 2.05) is 49.4 Å². The first-order chi connectivity index (χ1) is 11.7. The fraction of sp³-hybridized carbons (Fsp3) is 0.300. The average molecular weight is 322 g/mol. The van der Waals surface area contributed by atoms with E-state index in [0.29, 0.717) is 5.56 Å². The molecule has 2 aromatic carbocycles. The van der Waals surface area contributed by atoms with E-state index in [4.69, 9.17) is 0 Å². The van der Waals surface area contributed by atoms with Crippen LogP contribution in [-0.2, 0) is 24.1 Å². The predicted octanol–water partition coefficient (Wildman–Crippen LogP) is 3.11. The molecule has 1 aliphatic carbocycles. The summed E-state index contributed by atoms with van der Waals surface area (Å²) in [7, 11) is 0. The normalized spacial score (nSPS) is 12.5. The zero-order valence-corrected chi connectivity index (χ0v) is 13.9. The van der Waals surface area contributed by atoms with Crippen molar-refractivity contribution < 1.29 is 9.59 Å². The van der Waals surface area contributed by atoms with Crippen molar-refractivity contribution in [3.63, 3.8) is 0 Å². The fourth-order valence-electron chi connectivity index (χ4n) is 3.12. The zero-order chi connectivity index (χ0) is 16.9. The van der Waals surface area contributed by atoms with Crippen LogP contribution in [-0.4, -0.2) is 18.4 Å². The molecular weight excluding hydrogens is 300 g/mol. The Bertz CT molecular complexity index is 768. The second kappa shape index (κ2) is 7.30. The summed E-state index contributed by atoms with van der Waals surface area (Å²) in [5.41, 5.74) is 5.09. The Labute approximate surface area is 142 Å². The number of rotatable bonds is 5. The van der Waals surface area contributed by atoms with Gasteiger partial charge in [0.2, 0.25) is 5.91 Å². The van der Waals surface area contributed by atoms with Gasteiger partial charge in [-0.1, -0.05) is 31.2 Å². The minimum Gasteiger partial charge on any atom is -0.343 e. The first kappa shape index (κ1) is 16.2. The molecule has 2 N–H and O–H groups in total. The summed E-state index contributed by atoms with van der Waals surface area (Å²) in [6.07, 6.45) is 4.12. The van der Waals surface area contributed by atoms with E-state index in [0.717, 1.165) is 36.9 Å². The second-order valence-corrected chi connectivity index (χ2v) is 6.08. The predicted molar refractivity (Wildman–Crippen MR) is 95.2 cm³/mol. The van der Waals surface area contributed by atoms with Crippen LogP contribution in [0, 0.1) is 0 Å². The molecule has 3 rings (SSSR count). The number of hydrogen-bond donors (Lipinski definition) is 2. The summed E-state index contributed by atoms with van der Waals surface area (Å²) in [5.74, 6) is -0.422. The number of fused-ring (bicyclic) bond motifs is 1. The molecule has 0 saturated heterocycles. The van der Waals surface area contributed by atoms with Crippen LogP contribution >= 0.6 is 0 Å². The fourth-order valence-corrected chi connectivity index (χ4v) is 3.12. The third-order valence-electron chi connectivity index (χ3n) is 4.44. The highest BCUT2D eigenvalue weighted by atomic mass is 16.2. The van der Waals surface area contributed by atoms with Gasteiger partial charge in [-0.15, -0.1) is 0 Å². The molecule has 2 amide bonds. The summed E-state index contributed by atoms with van der Waals surface area (Å²) in [6.45, 7) is 2.01. The van der Waals surface area contributed by atoms with Gasteiger partial charge in [0.1, 0.15) is 0 Å². The maximum atomic E-state index is 12.2. The number of para-hydroxylation sites is 1. The number of hydrogen-bond acceptors (Lipinski definition) is 2. The molecule has 0 radical (unpaired) electrons. The molecule has 0 heterocycles. The number of carbonyl (C=O) groups is 2. The summed E-state index contributed by atoms with van der Waals surface area (Å²) < 4.78 is 0. The number of carbonyl (C=O) groups excluding carboxylic acids is 2. The Morgan fingerprint density at radius 1 is 1.04 bits per heavy atom. The topological polar surface area (TPSA) is 58.2 Å². The van der Waals surface area contributed by atoms with E-state index in [1.54, 1.807) is 0 Å². The van der Waals surface area contributed by atoms with Gasteiger partial charge in [0.05, 0.1) is 6.54 Å². The lowest BCUT2D eigenvalue weighted by molar-refractivity contribution is -0.115. The van der Waals surface area contributed by atoms with Crippen molar-refractivity contribution in [1.29, 1.82) is 0 Å². The molecule has 0 saturated carbocycles. The first-order valence-electron chi connectivity index (χ1n) is 8.45. The van der Waals surface area contributed by atoms with Crippen LogP contribution in [0.5, 0.6) is 0 Å². The van der Waals surface area contributed by atoms with Crippen molar-refractivity contribution in [2.75, 3.05) is 11.9 Å². The van der Waals surface area contributed by atoms with Crippen LogP contribution in [0.1, 0.15) is 40.4 Å². The van der Waals surface area contributed by atoms with Gasteiger partial charge in [-0.2, -0.15) is 0 Å². The van der Waals surface area contributed by atoms with Crippen LogP contribution in [0.15, 0.2) is 42.5 Å². The van der Waals surface area contributed by atoms with Crippen molar-refractivity contribution in [1.82, 2.24) is 5.32 Å². The van der Waals surface area contributed by atoms with Gasteiger partial charge in [-0.3, -0.25) is 9.59 Å². The summed E-state index contributed by atoms with van der Waals surface area (Å²) in [4.78, 5) is 24.3. The quantitative estimate of drug-likeness (QED) is 0.888. The number of amides is 2. The standard InChI is InChI=1S/C20H22N2O2/c1-2-14-6-3-4-9-18(14)22-19(23)13-21-20(24)17-11-10-15-7-5-8-16(15)12-17/h3-4,6,9-12H,2,5,7-8,13H2,1H3,(H,21,24)(H,22,23). The van der Waals surface area contributed by atoms with E-state index in [1.165, 1.54) is 11.1 Å². The molecule has 4 heteroatoms. The lowest BCUT2D eigenvalue weighted by Crippen LogP contribution is -2.33. The summed E-state index contributed by atoms with van der Waals surface area (Å²) in [6, 6.07) is 13.5. The molecule has 24 heavy (non-hydrogen) atoms. The molecule has 4 nitrogen and oxygen atoms in total. The largest absolute Gasteiger partial charge is 0.343 e. The third-order valence-corrected chi connectivity index (χ3v) is 4.44. The van der Waals surface area contributed by atoms with Crippen molar-refractivity contribution in [3.8, 4) is 0 Å². The Hall–Kier alpha value is -2.62. The third kappa shape index (κ3) is 3.65. The maximum Gasteiger partial charge on any atom is 0.251 e. The van der Waals surface area contributed by atoms with Gasteiger partial charge in [0.25, 0.3) is 5.91 Å². The van der Waals surface area contributed by atoms with Gasteiger partial charge in [0, 0.05) is 11.3 Å². The minimum absolute atomic E-state index is 0.0338. The molecule has 0 aromatic heterocycles. The van der Waals surface area contributed by atoms with Crippen LogP contribution in [0.25, 0.3) is 0 Å². The average Bonchev–Trinajstić information content (AvgIpc) is 3.07. The van der Waals surface area contributed by atoms with Crippen molar-refractivity contribution in [2.24, 2.45) is 0 Å². The van der Waals surface area contributed by atoms with Gasteiger partial charge in [0.15, 0.2) is 0 Å². The van der Waals surface area contributed by atoms with E-state index in [9.17, 15) is 9.59 Å². The monoisotopic (exact) mass is 322 g/mol. The minimum atomic E-state index is -0.217. The molecule has 2 aromatic rings. The molecular formula is C20H22N2O2. The van der Waals surface area contributed by atoms with Gasteiger partial charge in [-0.25, -0.2) is 0 Å². The lowest BCUT2D eigenvalue weighted by atomic mass is 10.1. The van der Waals surface area contributed by atoms with Crippen molar-refractivity contribution >= 4 is 17.5 Å². The van der Waals surface area contributed by atoms with Crippen LogP contribution in [0.2, 0.25) is 0 Å². The summed E-state index contributed by atoms with van der Waals surface area (Å²) in [5, 5.41) is 5.55. The second-order valence-electron chi connectivity index (χ2n) is 6.08. The number of anilines is 1. The zero-order valence-electron chi connectivity index (χ0n) is 13.9. The maximum absolute atomic E-state index is 12.2. The molecule has 124 valence electrons. The number of nitrogens with one attached hydrogen (secondary N) is 2. The number of benzene rings is 2. The smallest absolute Gasteiger partial charge is 0.251 e. The van der Waals surface area contributed by atoms with E-state index < -0.39 is 0 Å². The summed E-state index contributed by atoms with van der Waals surface area (Å²) >= 11 is 0. The molecule has 0 unspecified atom stereocenters. The molecule has 0 spiro atoms. The van der Waals surface area contributed by atoms with Gasteiger partial charge < -0.3 is 10.6 Å². The first-order valence-corrected chi connectivity index (χ1v) is 8.45. The van der Waals surface area contributed by atoms with Crippen LogP contribution < -0.4 is 10.6 Å². The van der Waals surface area contributed by atoms with Gasteiger partial charge >= 0.3 is 0 Å². The lowest BCUT2D eigenvalue weighted by Gasteiger charge is -2.10. The molecule has 1 aliphatic rings. The Balaban J connectivity index is 1.57. The van der Waals surface area contributed by atoms with Gasteiger partial charge in [-0.05, 0) is 60.6 Å². The van der Waals surface area contributed by atoms with Crippen LogP contribution in [0.3, 0.4) is 0 Å². The highest BCUT2D eigenvalue weighted by Gasteiger charge is 2.14. The molecule has 0 fully saturated rings. The Kier molecular flexibility index (Phi) is 4.94. The van der Waals surface area contributed by atoms with Crippen molar-refractivity contribution in [2.45, 2.75) is 32.6 Å². The van der Waals surface area contributed by atoms with E-state index in [2.05, 4.69) is 10.6 Å². The van der Waals surface area contributed by atoms with Crippen molar-refractivity contribution in [3.05, 3.63) is 64.7 Å². The van der Waals surface area contributed by atoms with Crippen LogP contribution in [0.4, 0.5) is 5.69 Å². The number of aryl methyl sites for hydroxylation is 3. The van der Waals surface area contributed by atoms with E-state index >= 15 is 0 Å². The molecule has 0 bridgehead atoms. The molecule has 0 atom stereocenters. The highest BCUT2D eigenvalue weighted by molar-refractivity contribution is 5.99. The van der Waals surface area contributed by atoms with E-state index in [-0.39, 0.29) is 18.4 Å². The Morgan fingerprint density at radius 2 is 1.83 bits per heavy atom. The molecule has 0 aliphatic heterocycles. The highest BCUT2D eigenvalue weighted by Crippen LogP contribution is 2.22. The Morgan fingerprint density at radius 3 is 2.67 bits per heavy atom.